The molecule has 2 heterocycles. The Balaban J connectivity index is 2.36. The zero-order chi connectivity index (χ0) is 15.2. The van der Waals surface area contributed by atoms with Gasteiger partial charge in [0.15, 0.2) is 0 Å². The minimum atomic E-state index is -0.435. The van der Waals surface area contributed by atoms with Crippen LogP contribution in [0.2, 0.25) is 0 Å². The van der Waals surface area contributed by atoms with Crippen LogP contribution in [0.1, 0.15) is 17.3 Å². The van der Waals surface area contributed by atoms with Crippen LogP contribution in [0.25, 0.3) is 10.4 Å². The minimum absolute atomic E-state index is 0.0610. The van der Waals surface area contributed by atoms with E-state index in [1.165, 1.54) is 29.8 Å². The number of hydrogen-bond acceptors (Lipinski definition) is 6. The molecule has 21 heavy (non-hydrogen) atoms. The van der Waals surface area contributed by atoms with Crippen LogP contribution in [0.3, 0.4) is 0 Å². The molecule has 2 aromatic rings. The van der Waals surface area contributed by atoms with E-state index >= 15 is 0 Å². The Morgan fingerprint density at radius 2 is 2.14 bits per heavy atom. The topological polar surface area (TPSA) is 64.6 Å². The van der Waals surface area contributed by atoms with Gasteiger partial charge in [0.2, 0.25) is 0 Å². The van der Waals surface area contributed by atoms with Gasteiger partial charge in [0.1, 0.15) is 17.2 Å². The average molecular weight is 325 g/mol. The molecule has 2 rings (SSSR count). The van der Waals surface area contributed by atoms with Gasteiger partial charge in [-0.2, -0.15) is 0 Å². The number of carbonyl (C=O) groups is 2. The third kappa shape index (κ3) is 3.69. The highest BCUT2D eigenvalue weighted by atomic mass is 32.1. The van der Waals surface area contributed by atoms with Gasteiger partial charge in [-0.15, -0.1) is 22.7 Å². The van der Waals surface area contributed by atoms with Crippen LogP contribution >= 0.6 is 22.7 Å². The number of amides is 1. The molecule has 0 spiro atoms. The van der Waals surface area contributed by atoms with Gasteiger partial charge in [-0.05, 0) is 18.4 Å². The van der Waals surface area contributed by atoms with Crippen molar-refractivity contribution in [3.8, 4) is 10.4 Å². The zero-order valence-electron chi connectivity index (χ0n) is 11.7. The van der Waals surface area contributed by atoms with Crippen LogP contribution in [0.15, 0.2) is 22.9 Å². The van der Waals surface area contributed by atoms with E-state index in [4.69, 9.17) is 9.47 Å². The molecule has 0 saturated carbocycles. The van der Waals surface area contributed by atoms with Crippen molar-refractivity contribution < 1.29 is 19.1 Å². The second-order valence-corrected chi connectivity index (χ2v) is 5.86. The Morgan fingerprint density at radius 3 is 2.76 bits per heavy atom. The minimum Gasteiger partial charge on any atom is -0.462 e. The lowest BCUT2D eigenvalue weighted by Gasteiger charge is -2.07. The van der Waals surface area contributed by atoms with Gasteiger partial charge in [0, 0.05) is 22.9 Å². The van der Waals surface area contributed by atoms with E-state index < -0.39 is 5.97 Å². The van der Waals surface area contributed by atoms with Crippen molar-refractivity contribution in [3.63, 3.8) is 0 Å². The molecule has 0 aromatic carbocycles. The monoisotopic (exact) mass is 325 g/mol. The van der Waals surface area contributed by atoms with Crippen molar-refractivity contribution in [3.05, 3.63) is 28.5 Å². The number of nitrogens with one attached hydrogen (secondary N) is 1. The molecule has 0 aliphatic carbocycles. The second-order valence-electron chi connectivity index (χ2n) is 4.03. The summed E-state index contributed by atoms with van der Waals surface area (Å²) in [7, 11) is 1.44. The summed E-state index contributed by atoms with van der Waals surface area (Å²) in [5.41, 5.74) is 1.18. The number of thiophene rings is 2. The summed E-state index contributed by atoms with van der Waals surface area (Å²) in [6.45, 7) is 1.97. The van der Waals surface area contributed by atoms with Crippen molar-refractivity contribution in [2.45, 2.75) is 6.92 Å². The van der Waals surface area contributed by atoms with E-state index in [1.807, 2.05) is 22.9 Å². The maximum absolute atomic E-state index is 12.2. The van der Waals surface area contributed by atoms with Gasteiger partial charge in [-0.3, -0.25) is 4.79 Å². The number of rotatable bonds is 6. The summed E-state index contributed by atoms with van der Waals surface area (Å²) in [6.07, 6.45) is 0. The number of methoxy groups -OCH3 is 1. The first-order valence-electron chi connectivity index (χ1n) is 6.28. The van der Waals surface area contributed by atoms with E-state index in [0.717, 1.165) is 10.4 Å². The maximum Gasteiger partial charge on any atom is 0.341 e. The summed E-state index contributed by atoms with van der Waals surface area (Å²) in [5, 5.41) is 6.96. The summed E-state index contributed by atoms with van der Waals surface area (Å²) in [4.78, 5) is 24.8. The van der Waals surface area contributed by atoms with Crippen molar-refractivity contribution >= 4 is 39.6 Å². The van der Waals surface area contributed by atoms with Crippen LogP contribution in [-0.2, 0) is 14.3 Å². The number of esters is 1. The Hall–Kier alpha value is -1.70. The third-order valence-corrected chi connectivity index (χ3v) is 4.38. The van der Waals surface area contributed by atoms with E-state index in [0.29, 0.717) is 10.6 Å². The molecular formula is C14H15NO4S2. The first-order valence-corrected chi connectivity index (χ1v) is 8.04. The lowest BCUT2D eigenvalue weighted by atomic mass is 10.1. The lowest BCUT2D eigenvalue weighted by molar-refractivity contribution is -0.119. The molecule has 0 aliphatic rings. The van der Waals surface area contributed by atoms with Crippen molar-refractivity contribution in [1.29, 1.82) is 0 Å². The highest BCUT2D eigenvalue weighted by Gasteiger charge is 2.23. The summed E-state index contributed by atoms with van der Waals surface area (Å²) in [5.74, 6) is -0.738. The van der Waals surface area contributed by atoms with Crippen molar-refractivity contribution in [1.82, 2.24) is 0 Å². The normalized spacial score (nSPS) is 10.4. The van der Waals surface area contributed by atoms with Crippen molar-refractivity contribution in [2.24, 2.45) is 0 Å². The molecule has 0 atom stereocenters. The molecule has 1 amide bonds. The molecule has 0 aliphatic heterocycles. The van der Waals surface area contributed by atoms with E-state index in [1.54, 1.807) is 6.92 Å². The lowest BCUT2D eigenvalue weighted by Crippen LogP contribution is -2.18. The number of carbonyl (C=O) groups excluding carboxylic acids is 2. The molecule has 0 fully saturated rings. The van der Waals surface area contributed by atoms with Crippen LogP contribution in [0, 0.1) is 0 Å². The van der Waals surface area contributed by atoms with Gasteiger partial charge in [0.25, 0.3) is 5.91 Å². The quantitative estimate of drug-likeness (QED) is 0.828. The van der Waals surface area contributed by atoms with E-state index in [2.05, 4.69) is 5.32 Å². The molecule has 2 aromatic heterocycles. The molecule has 0 radical (unpaired) electrons. The smallest absolute Gasteiger partial charge is 0.341 e. The van der Waals surface area contributed by atoms with E-state index in [-0.39, 0.29) is 19.1 Å². The second kappa shape index (κ2) is 7.35. The molecule has 1 N–H and O–H groups in total. The van der Waals surface area contributed by atoms with Gasteiger partial charge in [-0.25, -0.2) is 4.79 Å². The van der Waals surface area contributed by atoms with E-state index in [9.17, 15) is 9.59 Å². The van der Waals surface area contributed by atoms with Crippen LogP contribution in [-0.4, -0.2) is 32.2 Å². The largest absolute Gasteiger partial charge is 0.462 e. The summed E-state index contributed by atoms with van der Waals surface area (Å²) >= 11 is 2.83. The summed E-state index contributed by atoms with van der Waals surface area (Å²) in [6, 6.07) is 3.84. The Morgan fingerprint density at radius 1 is 1.33 bits per heavy atom. The van der Waals surface area contributed by atoms with Crippen molar-refractivity contribution in [2.75, 3.05) is 25.6 Å². The van der Waals surface area contributed by atoms with Crippen LogP contribution in [0.5, 0.6) is 0 Å². The van der Waals surface area contributed by atoms with Gasteiger partial charge >= 0.3 is 5.97 Å². The Bertz CT molecular complexity index is 619. The van der Waals surface area contributed by atoms with Gasteiger partial charge in [-0.1, -0.05) is 6.07 Å². The fourth-order valence-corrected chi connectivity index (χ4v) is 3.55. The molecule has 0 unspecified atom stereocenters. The number of hydrogen-bond donors (Lipinski definition) is 1. The SMILES string of the molecule is CCOC(=O)c1c(-c2cccs2)csc1NC(=O)COC. The Labute approximate surface area is 130 Å². The first kappa shape index (κ1) is 15.7. The van der Waals surface area contributed by atoms with Gasteiger partial charge in [0.05, 0.1) is 6.61 Å². The fourth-order valence-electron chi connectivity index (χ4n) is 1.76. The fraction of sp³-hybridized carbons (Fsp3) is 0.286. The van der Waals surface area contributed by atoms with Crippen LogP contribution < -0.4 is 5.32 Å². The number of ether oxygens (including phenoxy) is 2. The van der Waals surface area contributed by atoms with Gasteiger partial charge < -0.3 is 14.8 Å². The Kier molecular flexibility index (Phi) is 5.49. The average Bonchev–Trinajstić information content (AvgIpc) is 3.07. The third-order valence-electron chi connectivity index (χ3n) is 2.59. The molecule has 0 bridgehead atoms. The molecule has 0 saturated heterocycles. The molecule has 112 valence electrons. The first-order chi connectivity index (χ1) is 10.2. The molecule has 7 heteroatoms. The summed E-state index contributed by atoms with van der Waals surface area (Å²) < 4.78 is 9.88. The highest BCUT2D eigenvalue weighted by molar-refractivity contribution is 7.17. The zero-order valence-corrected chi connectivity index (χ0v) is 13.3. The maximum atomic E-state index is 12.2. The molecule has 5 nitrogen and oxygen atoms in total. The highest BCUT2D eigenvalue weighted by Crippen LogP contribution is 2.38. The number of anilines is 1. The predicted molar refractivity (Wildman–Crippen MR) is 84.1 cm³/mol. The molecular weight excluding hydrogens is 310 g/mol. The predicted octanol–water partition coefficient (Wildman–Crippen LogP) is 3.24. The standard InChI is InChI=1S/C14H15NO4S2/c1-3-19-14(17)12-9(10-5-4-6-20-10)8-21-13(12)15-11(16)7-18-2/h4-6,8H,3,7H2,1-2H3,(H,15,16). The van der Waals surface area contributed by atoms with Crippen LogP contribution in [0.4, 0.5) is 5.00 Å².